The first-order valence-corrected chi connectivity index (χ1v) is 5.92. The van der Waals surface area contributed by atoms with E-state index < -0.39 is 0 Å². The van der Waals surface area contributed by atoms with Gasteiger partial charge in [0.05, 0.1) is 6.04 Å². The highest BCUT2D eigenvalue weighted by atomic mass is 16.2. The average molecular weight is 214 g/mol. The van der Waals surface area contributed by atoms with Crippen LogP contribution in [0.1, 0.15) is 41.0 Å². The lowest BCUT2D eigenvalue weighted by Crippen LogP contribution is -2.46. The number of carbonyl (C=O) groups is 1. The molecule has 90 valence electrons. The Hall–Kier alpha value is -0.570. The van der Waals surface area contributed by atoms with Crippen LogP contribution in [0.5, 0.6) is 0 Å². The largest absolute Gasteiger partial charge is 0.341 e. The highest BCUT2D eigenvalue weighted by Gasteiger charge is 2.20. The zero-order valence-electron chi connectivity index (χ0n) is 10.8. The molecule has 0 radical (unpaired) electrons. The molecule has 0 unspecified atom stereocenters. The van der Waals surface area contributed by atoms with E-state index >= 15 is 0 Å². The van der Waals surface area contributed by atoms with E-state index in [9.17, 15) is 4.79 Å². The molecule has 0 aromatic carbocycles. The Kier molecular flexibility index (Phi) is 6.57. The van der Waals surface area contributed by atoms with Crippen LogP contribution in [-0.4, -0.2) is 29.9 Å². The van der Waals surface area contributed by atoms with Crippen molar-refractivity contribution in [2.45, 2.75) is 47.1 Å². The van der Waals surface area contributed by atoms with Crippen molar-refractivity contribution in [3.8, 4) is 0 Å². The lowest BCUT2D eigenvalue weighted by Gasteiger charge is -2.28. The van der Waals surface area contributed by atoms with Gasteiger partial charge in [-0.1, -0.05) is 34.6 Å². The van der Waals surface area contributed by atoms with Gasteiger partial charge >= 0.3 is 0 Å². The van der Waals surface area contributed by atoms with Crippen molar-refractivity contribution in [2.24, 2.45) is 17.6 Å². The molecule has 2 N–H and O–H groups in total. The molecule has 3 nitrogen and oxygen atoms in total. The summed E-state index contributed by atoms with van der Waals surface area (Å²) < 4.78 is 0. The number of rotatable bonds is 6. The van der Waals surface area contributed by atoms with E-state index in [0.717, 1.165) is 13.1 Å². The van der Waals surface area contributed by atoms with Gasteiger partial charge in [-0.05, 0) is 18.3 Å². The van der Waals surface area contributed by atoms with Crippen molar-refractivity contribution < 1.29 is 4.79 Å². The first-order valence-electron chi connectivity index (χ1n) is 5.92. The monoisotopic (exact) mass is 214 g/mol. The van der Waals surface area contributed by atoms with Gasteiger partial charge in [0.2, 0.25) is 5.91 Å². The zero-order valence-corrected chi connectivity index (χ0v) is 10.8. The average Bonchev–Trinajstić information content (AvgIpc) is 2.13. The predicted octanol–water partition coefficient (Wildman–Crippen LogP) is 1.86. The number of hydrogen-bond donors (Lipinski definition) is 1. The molecule has 0 aromatic heterocycles. The van der Waals surface area contributed by atoms with E-state index in [1.54, 1.807) is 0 Å². The maximum atomic E-state index is 11.9. The van der Waals surface area contributed by atoms with Gasteiger partial charge in [0, 0.05) is 13.1 Å². The summed E-state index contributed by atoms with van der Waals surface area (Å²) >= 11 is 0. The molecule has 0 saturated heterocycles. The maximum Gasteiger partial charge on any atom is 0.239 e. The fourth-order valence-corrected chi connectivity index (χ4v) is 1.55. The van der Waals surface area contributed by atoms with Crippen LogP contribution < -0.4 is 5.73 Å². The first-order chi connectivity index (χ1) is 6.88. The molecule has 0 aromatic rings. The highest BCUT2D eigenvalue weighted by molar-refractivity contribution is 5.81. The molecule has 0 saturated carbocycles. The van der Waals surface area contributed by atoms with Crippen LogP contribution in [0.4, 0.5) is 0 Å². The summed E-state index contributed by atoms with van der Waals surface area (Å²) in [5, 5.41) is 0. The Morgan fingerprint density at radius 1 is 1.13 bits per heavy atom. The third-order valence-corrected chi connectivity index (χ3v) is 2.24. The van der Waals surface area contributed by atoms with E-state index in [1.165, 1.54) is 0 Å². The van der Waals surface area contributed by atoms with Gasteiger partial charge in [0.1, 0.15) is 0 Å². The molecule has 0 heterocycles. The van der Waals surface area contributed by atoms with Gasteiger partial charge in [0.25, 0.3) is 0 Å². The second kappa shape index (κ2) is 6.83. The second-order valence-electron chi connectivity index (χ2n) is 5.05. The molecule has 0 aliphatic heterocycles. The topological polar surface area (TPSA) is 46.3 Å². The molecule has 0 bridgehead atoms. The maximum absolute atomic E-state index is 11.9. The lowest BCUT2D eigenvalue weighted by atomic mass is 10.1. The number of nitrogens with two attached hydrogens (primary N) is 1. The molecule has 3 heteroatoms. The Balaban J connectivity index is 4.40. The summed E-state index contributed by atoms with van der Waals surface area (Å²) in [6.07, 6.45) is 0.714. The summed E-state index contributed by atoms with van der Waals surface area (Å²) in [5.74, 6) is 1.09. The fraction of sp³-hybridized carbons (Fsp3) is 0.917. The van der Waals surface area contributed by atoms with Gasteiger partial charge in [-0.25, -0.2) is 0 Å². The smallest absolute Gasteiger partial charge is 0.239 e. The summed E-state index contributed by atoms with van der Waals surface area (Å²) in [5.41, 5.74) is 5.78. The molecular weight excluding hydrogens is 188 g/mol. The van der Waals surface area contributed by atoms with Crippen LogP contribution in [-0.2, 0) is 4.79 Å². The van der Waals surface area contributed by atoms with Crippen LogP contribution in [0.15, 0.2) is 0 Å². The number of nitrogens with zero attached hydrogens (tertiary/aromatic N) is 1. The van der Waals surface area contributed by atoms with Crippen LogP contribution >= 0.6 is 0 Å². The second-order valence-corrected chi connectivity index (χ2v) is 5.05. The summed E-state index contributed by atoms with van der Waals surface area (Å²) in [7, 11) is 0. The Bertz CT molecular complexity index is 180. The van der Waals surface area contributed by atoms with Crippen LogP contribution in [0.3, 0.4) is 0 Å². The van der Waals surface area contributed by atoms with Crippen LogP contribution in [0.2, 0.25) is 0 Å². The highest BCUT2D eigenvalue weighted by Crippen LogP contribution is 2.06. The summed E-state index contributed by atoms with van der Waals surface area (Å²) in [6.45, 7) is 12.1. The molecule has 1 atom stereocenters. The molecule has 0 spiro atoms. The molecule has 0 rings (SSSR count). The van der Waals surface area contributed by atoms with E-state index in [4.69, 9.17) is 5.73 Å². The Morgan fingerprint density at radius 3 is 1.80 bits per heavy atom. The quantitative estimate of drug-likeness (QED) is 0.733. The SMILES string of the molecule is CC[C@H](N)C(=O)N(CC(C)C)CC(C)C. The van der Waals surface area contributed by atoms with Crippen molar-refractivity contribution >= 4 is 5.91 Å². The fourth-order valence-electron chi connectivity index (χ4n) is 1.55. The first kappa shape index (κ1) is 14.4. The van der Waals surface area contributed by atoms with Crippen molar-refractivity contribution in [2.75, 3.05) is 13.1 Å². The minimum absolute atomic E-state index is 0.0971. The molecule has 0 fully saturated rings. The van der Waals surface area contributed by atoms with E-state index in [0.29, 0.717) is 18.3 Å². The Labute approximate surface area is 94.0 Å². The van der Waals surface area contributed by atoms with Gasteiger partial charge in [-0.15, -0.1) is 0 Å². The third kappa shape index (κ3) is 5.78. The molecule has 0 aliphatic carbocycles. The van der Waals surface area contributed by atoms with Crippen LogP contribution in [0.25, 0.3) is 0 Å². The van der Waals surface area contributed by atoms with Crippen molar-refractivity contribution in [1.82, 2.24) is 4.90 Å². The van der Waals surface area contributed by atoms with Crippen molar-refractivity contribution in [3.05, 3.63) is 0 Å². The van der Waals surface area contributed by atoms with Gasteiger partial charge in [0.15, 0.2) is 0 Å². The minimum atomic E-state index is -0.331. The van der Waals surface area contributed by atoms with E-state index in [1.807, 2.05) is 11.8 Å². The Morgan fingerprint density at radius 2 is 1.53 bits per heavy atom. The summed E-state index contributed by atoms with van der Waals surface area (Å²) in [6, 6.07) is -0.331. The zero-order chi connectivity index (χ0) is 12.0. The lowest BCUT2D eigenvalue weighted by molar-refractivity contribution is -0.133. The van der Waals surface area contributed by atoms with Gasteiger partial charge in [-0.2, -0.15) is 0 Å². The van der Waals surface area contributed by atoms with E-state index in [-0.39, 0.29) is 11.9 Å². The minimum Gasteiger partial charge on any atom is -0.341 e. The van der Waals surface area contributed by atoms with Crippen LogP contribution in [0, 0.1) is 11.8 Å². The number of carbonyl (C=O) groups excluding carboxylic acids is 1. The molecule has 1 amide bonds. The molecule has 15 heavy (non-hydrogen) atoms. The van der Waals surface area contributed by atoms with Gasteiger partial charge < -0.3 is 10.6 Å². The van der Waals surface area contributed by atoms with Gasteiger partial charge in [-0.3, -0.25) is 4.79 Å². The standard InChI is InChI=1S/C12H26N2O/c1-6-11(13)12(15)14(7-9(2)3)8-10(4)5/h9-11H,6-8,13H2,1-5H3/t11-/m0/s1. The third-order valence-electron chi connectivity index (χ3n) is 2.24. The van der Waals surface area contributed by atoms with Crippen molar-refractivity contribution in [3.63, 3.8) is 0 Å². The summed E-state index contributed by atoms with van der Waals surface area (Å²) in [4.78, 5) is 13.9. The predicted molar refractivity (Wildman–Crippen MR) is 64.5 cm³/mol. The number of hydrogen-bond acceptors (Lipinski definition) is 2. The molecule has 0 aliphatic rings. The normalized spacial score (nSPS) is 13.3. The van der Waals surface area contributed by atoms with E-state index in [2.05, 4.69) is 27.7 Å². The molecular formula is C12H26N2O. The van der Waals surface area contributed by atoms with Crippen molar-refractivity contribution in [1.29, 1.82) is 0 Å². The number of amides is 1.